The molecule has 5 heteroatoms. The Bertz CT molecular complexity index is 694. The highest BCUT2D eigenvalue weighted by Gasteiger charge is 2.37. The quantitative estimate of drug-likeness (QED) is 0.777. The molecule has 2 heterocycles. The van der Waals surface area contributed by atoms with E-state index in [0.29, 0.717) is 12.3 Å². The van der Waals surface area contributed by atoms with E-state index in [2.05, 4.69) is 11.4 Å². The number of amides is 1. The Hall–Kier alpha value is -1.85. The third-order valence-electron chi connectivity index (χ3n) is 4.67. The van der Waals surface area contributed by atoms with Gasteiger partial charge in [0, 0.05) is 27.8 Å². The molecule has 24 heavy (non-hydrogen) atoms. The Balaban J connectivity index is 1.66. The molecule has 1 amide bonds. The summed E-state index contributed by atoms with van der Waals surface area (Å²) in [6, 6.07) is 7.72. The maximum absolute atomic E-state index is 12.1. The summed E-state index contributed by atoms with van der Waals surface area (Å²) in [5, 5.41) is 12.8. The standard InChI is InChI=1S/C19H23NO3S/c1-14(21)16-7-8-17(24-16)19(10-2-3-11-19)13-20-18(22)9-6-15-5-4-12-23-15/h4-9,12,14,21H,2-3,10-11,13H2,1H3,(H,20,22)/b9-6+. The SMILES string of the molecule is CC(O)c1ccc(C2(CNC(=O)/C=C/c3ccco3)CCCC2)s1. The number of nitrogens with one attached hydrogen (secondary N) is 1. The number of aliphatic hydroxyl groups excluding tert-OH is 1. The molecular formula is C19H23NO3S. The Morgan fingerprint density at radius 3 is 2.83 bits per heavy atom. The lowest BCUT2D eigenvalue weighted by atomic mass is 9.84. The highest BCUT2D eigenvalue weighted by Crippen LogP contribution is 2.44. The van der Waals surface area contributed by atoms with Gasteiger partial charge in [0.05, 0.1) is 12.4 Å². The van der Waals surface area contributed by atoms with Crippen LogP contribution in [0.1, 0.15) is 54.2 Å². The number of hydrogen-bond donors (Lipinski definition) is 2. The van der Waals surface area contributed by atoms with Crippen molar-refractivity contribution in [3.05, 3.63) is 52.1 Å². The van der Waals surface area contributed by atoms with Crippen molar-refractivity contribution in [3.8, 4) is 0 Å². The molecule has 1 saturated carbocycles. The van der Waals surface area contributed by atoms with Crippen LogP contribution in [0.5, 0.6) is 0 Å². The summed E-state index contributed by atoms with van der Waals surface area (Å²) in [6.45, 7) is 2.42. The van der Waals surface area contributed by atoms with Gasteiger partial charge in [0.1, 0.15) is 5.76 Å². The monoisotopic (exact) mass is 345 g/mol. The Morgan fingerprint density at radius 2 is 2.21 bits per heavy atom. The van der Waals surface area contributed by atoms with E-state index < -0.39 is 6.10 Å². The lowest BCUT2D eigenvalue weighted by Gasteiger charge is -2.28. The molecule has 1 unspecified atom stereocenters. The maximum atomic E-state index is 12.1. The maximum Gasteiger partial charge on any atom is 0.244 e. The van der Waals surface area contributed by atoms with E-state index in [-0.39, 0.29) is 11.3 Å². The zero-order valence-corrected chi connectivity index (χ0v) is 14.6. The number of furan rings is 1. The van der Waals surface area contributed by atoms with Crippen molar-refractivity contribution in [1.29, 1.82) is 0 Å². The molecular weight excluding hydrogens is 322 g/mol. The molecule has 1 fully saturated rings. The molecule has 3 rings (SSSR count). The summed E-state index contributed by atoms with van der Waals surface area (Å²) in [4.78, 5) is 14.4. The second kappa shape index (κ2) is 7.36. The largest absolute Gasteiger partial charge is 0.465 e. The highest BCUT2D eigenvalue weighted by atomic mass is 32.1. The third kappa shape index (κ3) is 3.79. The fraction of sp³-hybridized carbons (Fsp3) is 0.421. The molecule has 0 saturated heterocycles. The van der Waals surface area contributed by atoms with Crippen LogP contribution >= 0.6 is 11.3 Å². The summed E-state index contributed by atoms with van der Waals surface area (Å²) in [6.07, 6.45) is 8.85. The number of carbonyl (C=O) groups excluding carboxylic acids is 1. The minimum atomic E-state index is -0.437. The molecule has 0 aliphatic heterocycles. The molecule has 2 aromatic rings. The second-order valence-electron chi connectivity index (χ2n) is 6.43. The average molecular weight is 345 g/mol. The Kier molecular flexibility index (Phi) is 5.21. The molecule has 0 aromatic carbocycles. The van der Waals surface area contributed by atoms with E-state index in [1.807, 2.05) is 12.1 Å². The van der Waals surface area contributed by atoms with Gasteiger partial charge in [-0.3, -0.25) is 4.79 Å². The molecule has 2 aromatic heterocycles. The lowest BCUT2D eigenvalue weighted by molar-refractivity contribution is -0.116. The first-order chi connectivity index (χ1) is 11.6. The van der Waals surface area contributed by atoms with E-state index in [1.165, 1.54) is 23.8 Å². The van der Waals surface area contributed by atoms with Gasteiger partial charge in [-0.05, 0) is 50.1 Å². The number of carbonyl (C=O) groups is 1. The molecule has 1 aliphatic carbocycles. The van der Waals surface area contributed by atoms with Crippen molar-refractivity contribution in [2.75, 3.05) is 6.54 Å². The van der Waals surface area contributed by atoms with Gasteiger partial charge in [-0.1, -0.05) is 12.8 Å². The number of hydrogen-bond acceptors (Lipinski definition) is 4. The second-order valence-corrected chi connectivity index (χ2v) is 7.55. The van der Waals surface area contributed by atoms with Crippen LogP contribution in [0.25, 0.3) is 6.08 Å². The van der Waals surface area contributed by atoms with Crippen LogP contribution in [0.2, 0.25) is 0 Å². The third-order valence-corrected chi connectivity index (χ3v) is 6.17. The van der Waals surface area contributed by atoms with Gasteiger partial charge < -0.3 is 14.8 Å². The molecule has 0 bridgehead atoms. The van der Waals surface area contributed by atoms with Crippen molar-refractivity contribution in [2.24, 2.45) is 0 Å². The first-order valence-electron chi connectivity index (χ1n) is 8.37. The summed E-state index contributed by atoms with van der Waals surface area (Å²) >= 11 is 1.67. The van der Waals surface area contributed by atoms with Gasteiger partial charge in [-0.2, -0.15) is 0 Å². The fourth-order valence-corrected chi connectivity index (χ4v) is 4.47. The van der Waals surface area contributed by atoms with E-state index in [9.17, 15) is 9.90 Å². The van der Waals surface area contributed by atoms with Gasteiger partial charge in [0.25, 0.3) is 0 Å². The fourth-order valence-electron chi connectivity index (χ4n) is 3.28. The van der Waals surface area contributed by atoms with Gasteiger partial charge in [0.2, 0.25) is 5.91 Å². The van der Waals surface area contributed by atoms with Crippen LogP contribution < -0.4 is 5.32 Å². The predicted octanol–water partition coefficient (Wildman–Crippen LogP) is 4.04. The van der Waals surface area contributed by atoms with Gasteiger partial charge in [-0.15, -0.1) is 11.3 Å². The van der Waals surface area contributed by atoms with E-state index in [1.54, 1.807) is 36.7 Å². The van der Waals surface area contributed by atoms with Gasteiger partial charge in [-0.25, -0.2) is 0 Å². The zero-order valence-electron chi connectivity index (χ0n) is 13.8. The lowest BCUT2D eigenvalue weighted by Crippen LogP contribution is -2.37. The smallest absolute Gasteiger partial charge is 0.244 e. The van der Waals surface area contributed by atoms with Crippen molar-refractivity contribution >= 4 is 23.3 Å². The Labute approximate surface area is 146 Å². The van der Waals surface area contributed by atoms with Crippen LogP contribution in [0.4, 0.5) is 0 Å². The first-order valence-corrected chi connectivity index (χ1v) is 9.18. The topological polar surface area (TPSA) is 62.5 Å². The summed E-state index contributed by atoms with van der Waals surface area (Å²) < 4.78 is 5.19. The summed E-state index contributed by atoms with van der Waals surface area (Å²) in [5.41, 5.74) is 0.00594. The van der Waals surface area contributed by atoms with Crippen molar-refractivity contribution in [3.63, 3.8) is 0 Å². The van der Waals surface area contributed by atoms with Crippen molar-refractivity contribution in [2.45, 2.75) is 44.1 Å². The van der Waals surface area contributed by atoms with E-state index in [4.69, 9.17) is 4.42 Å². The normalized spacial score (nSPS) is 18.1. The van der Waals surface area contributed by atoms with E-state index >= 15 is 0 Å². The molecule has 1 atom stereocenters. The molecule has 0 spiro atoms. The van der Waals surface area contributed by atoms with Gasteiger partial charge in [0.15, 0.2) is 0 Å². The average Bonchev–Trinajstić information content (AvgIpc) is 3.32. The molecule has 2 N–H and O–H groups in total. The summed E-state index contributed by atoms with van der Waals surface area (Å²) in [7, 11) is 0. The number of aliphatic hydroxyl groups is 1. The minimum Gasteiger partial charge on any atom is -0.465 e. The summed E-state index contributed by atoms with van der Waals surface area (Å²) in [5.74, 6) is 0.561. The highest BCUT2D eigenvalue weighted by molar-refractivity contribution is 7.12. The minimum absolute atomic E-state index is 0.00594. The van der Waals surface area contributed by atoms with Crippen molar-refractivity contribution in [1.82, 2.24) is 5.32 Å². The van der Waals surface area contributed by atoms with E-state index in [0.717, 1.165) is 17.7 Å². The number of thiophene rings is 1. The van der Waals surface area contributed by atoms with Crippen LogP contribution in [-0.4, -0.2) is 17.6 Å². The Morgan fingerprint density at radius 1 is 1.42 bits per heavy atom. The predicted molar refractivity (Wildman–Crippen MR) is 95.9 cm³/mol. The molecule has 4 nitrogen and oxygen atoms in total. The molecule has 0 radical (unpaired) electrons. The van der Waals surface area contributed by atoms with Crippen LogP contribution in [0.3, 0.4) is 0 Å². The van der Waals surface area contributed by atoms with Crippen LogP contribution in [-0.2, 0) is 10.2 Å². The molecule has 1 aliphatic rings. The van der Waals surface area contributed by atoms with Gasteiger partial charge >= 0.3 is 0 Å². The van der Waals surface area contributed by atoms with Crippen LogP contribution in [0.15, 0.2) is 41.0 Å². The number of rotatable bonds is 6. The first kappa shape index (κ1) is 17.0. The molecule has 128 valence electrons. The van der Waals surface area contributed by atoms with Crippen molar-refractivity contribution < 1.29 is 14.3 Å². The zero-order chi connectivity index (χ0) is 17.0. The van der Waals surface area contributed by atoms with Crippen LogP contribution in [0, 0.1) is 0 Å².